The van der Waals surface area contributed by atoms with Gasteiger partial charge in [0.05, 0.1) is 13.2 Å². The maximum absolute atomic E-state index is 12.6. The number of rotatable bonds is 3. The second-order valence-corrected chi connectivity index (χ2v) is 6.64. The topological polar surface area (TPSA) is 62.9 Å². The largest absolute Gasteiger partial charge is 0.468 e. The molecule has 1 saturated heterocycles. The zero-order valence-corrected chi connectivity index (χ0v) is 14.6. The van der Waals surface area contributed by atoms with Crippen LogP contribution in [0.4, 0.5) is 0 Å². The second-order valence-electron chi connectivity index (χ2n) is 6.64. The molecule has 2 atom stereocenters. The molecule has 1 aromatic heterocycles. The molecule has 1 fully saturated rings. The van der Waals surface area contributed by atoms with Gasteiger partial charge in [0.15, 0.2) is 5.76 Å². The highest BCUT2D eigenvalue weighted by Gasteiger charge is 2.32. The van der Waals surface area contributed by atoms with Crippen LogP contribution < -0.4 is 4.74 Å². The van der Waals surface area contributed by atoms with E-state index in [2.05, 4.69) is 30.3 Å². The van der Waals surface area contributed by atoms with Gasteiger partial charge in [-0.15, -0.1) is 0 Å². The van der Waals surface area contributed by atoms with Crippen molar-refractivity contribution in [2.75, 3.05) is 20.2 Å². The SMILES string of the molecule is COc1ccc(C(=O)N2CCC(c3ccc4ccccc4c3)C(O)C2)o1. The fourth-order valence-corrected chi connectivity index (χ4v) is 3.64. The summed E-state index contributed by atoms with van der Waals surface area (Å²) in [5.74, 6) is 0.345. The van der Waals surface area contributed by atoms with Gasteiger partial charge in [-0.2, -0.15) is 0 Å². The van der Waals surface area contributed by atoms with Crippen LogP contribution in [0.2, 0.25) is 0 Å². The van der Waals surface area contributed by atoms with Gasteiger partial charge in [-0.1, -0.05) is 42.5 Å². The van der Waals surface area contributed by atoms with Gasteiger partial charge in [-0.3, -0.25) is 4.79 Å². The molecular formula is C21H21NO4. The number of hydrogen-bond acceptors (Lipinski definition) is 4. The highest BCUT2D eigenvalue weighted by atomic mass is 16.6. The molecule has 0 saturated carbocycles. The lowest BCUT2D eigenvalue weighted by molar-refractivity contribution is 0.0357. The van der Waals surface area contributed by atoms with Crippen molar-refractivity contribution >= 4 is 16.7 Å². The van der Waals surface area contributed by atoms with Crippen LogP contribution in [-0.4, -0.2) is 42.2 Å². The Morgan fingerprint density at radius 2 is 1.96 bits per heavy atom. The highest BCUT2D eigenvalue weighted by molar-refractivity contribution is 5.91. The molecule has 5 nitrogen and oxygen atoms in total. The highest BCUT2D eigenvalue weighted by Crippen LogP contribution is 2.31. The lowest BCUT2D eigenvalue weighted by atomic mass is 9.86. The van der Waals surface area contributed by atoms with Crippen LogP contribution in [0, 0.1) is 0 Å². The number of likely N-dealkylation sites (tertiary alicyclic amines) is 1. The first kappa shape index (κ1) is 16.7. The van der Waals surface area contributed by atoms with Crippen LogP contribution in [0.5, 0.6) is 5.95 Å². The molecule has 3 aromatic rings. The molecule has 2 unspecified atom stereocenters. The number of hydrogen-bond donors (Lipinski definition) is 1. The average molecular weight is 351 g/mol. The molecule has 0 aliphatic carbocycles. The van der Waals surface area contributed by atoms with Gasteiger partial charge < -0.3 is 19.2 Å². The molecule has 2 aromatic carbocycles. The lowest BCUT2D eigenvalue weighted by Gasteiger charge is -2.35. The van der Waals surface area contributed by atoms with Crippen molar-refractivity contribution in [2.24, 2.45) is 0 Å². The minimum absolute atomic E-state index is 0.0230. The summed E-state index contributed by atoms with van der Waals surface area (Å²) in [6.45, 7) is 0.871. The maximum Gasteiger partial charge on any atom is 0.289 e. The number of piperidine rings is 1. The summed E-state index contributed by atoms with van der Waals surface area (Å²) in [5, 5.41) is 13.0. The molecule has 5 heteroatoms. The molecule has 1 amide bonds. The Balaban J connectivity index is 1.49. The Morgan fingerprint density at radius 3 is 2.69 bits per heavy atom. The zero-order valence-electron chi connectivity index (χ0n) is 14.6. The first-order valence-electron chi connectivity index (χ1n) is 8.75. The number of furan rings is 1. The van der Waals surface area contributed by atoms with Gasteiger partial charge >= 0.3 is 0 Å². The normalized spacial score (nSPS) is 20.3. The first-order chi connectivity index (χ1) is 12.7. The molecule has 1 N–H and O–H groups in total. The Hall–Kier alpha value is -2.79. The summed E-state index contributed by atoms with van der Waals surface area (Å²) >= 11 is 0. The van der Waals surface area contributed by atoms with E-state index in [1.165, 1.54) is 17.9 Å². The van der Waals surface area contributed by atoms with Crippen LogP contribution in [0.15, 0.2) is 59.0 Å². The van der Waals surface area contributed by atoms with Gasteiger partial charge in [0.1, 0.15) is 0 Å². The Bertz CT molecular complexity index is 932. The van der Waals surface area contributed by atoms with Crippen molar-refractivity contribution in [3.63, 3.8) is 0 Å². The third-order valence-electron chi connectivity index (χ3n) is 5.06. The third kappa shape index (κ3) is 3.06. The molecule has 26 heavy (non-hydrogen) atoms. The summed E-state index contributed by atoms with van der Waals surface area (Å²) in [6, 6.07) is 17.7. The van der Waals surface area contributed by atoms with Crippen LogP contribution >= 0.6 is 0 Å². The number of methoxy groups -OCH3 is 1. The van der Waals surface area contributed by atoms with Crippen molar-refractivity contribution in [1.82, 2.24) is 4.90 Å². The average Bonchev–Trinajstić information content (AvgIpc) is 3.16. The van der Waals surface area contributed by atoms with Crippen molar-refractivity contribution in [3.8, 4) is 5.95 Å². The predicted octanol–water partition coefficient (Wildman–Crippen LogP) is 3.43. The molecule has 4 rings (SSSR count). The maximum atomic E-state index is 12.6. The Morgan fingerprint density at radius 1 is 1.15 bits per heavy atom. The quantitative estimate of drug-likeness (QED) is 0.785. The molecular weight excluding hydrogens is 330 g/mol. The number of aliphatic hydroxyl groups excluding tert-OH is 1. The minimum Gasteiger partial charge on any atom is -0.468 e. The summed E-state index contributed by atoms with van der Waals surface area (Å²) in [5.41, 5.74) is 1.11. The fourth-order valence-electron chi connectivity index (χ4n) is 3.64. The number of aliphatic hydroxyl groups is 1. The number of carbonyl (C=O) groups is 1. The molecule has 2 heterocycles. The van der Waals surface area contributed by atoms with E-state index in [1.54, 1.807) is 17.0 Å². The van der Waals surface area contributed by atoms with Crippen LogP contribution in [0.25, 0.3) is 10.8 Å². The van der Waals surface area contributed by atoms with E-state index in [1.807, 2.05) is 12.1 Å². The van der Waals surface area contributed by atoms with E-state index in [9.17, 15) is 9.90 Å². The van der Waals surface area contributed by atoms with Gasteiger partial charge in [0.25, 0.3) is 11.9 Å². The monoisotopic (exact) mass is 351 g/mol. The van der Waals surface area contributed by atoms with E-state index in [0.717, 1.165) is 5.56 Å². The van der Waals surface area contributed by atoms with Crippen molar-refractivity contribution in [3.05, 3.63) is 65.9 Å². The van der Waals surface area contributed by atoms with Crippen molar-refractivity contribution in [2.45, 2.75) is 18.4 Å². The number of nitrogens with zero attached hydrogens (tertiary/aromatic N) is 1. The molecule has 134 valence electrons. The number of fused-ring (bicyclic) bond motifs is 1. The number of ether oxygens (including phenoxy) is 1. The Kier molecular flexibility index (Phi) is 4.39. The zero-order chi connectivity index (χ0) is 18.1. The summed E-state index contributed by atoms with van der Waals surface area (Å²) in [6.07, 6.45) is 0.106. The van der Waals surface area contributed by atoms with E-state index in [0.29, 0.717) is 25.5 Å². The first-order valence-corrected chi connectivity index (χ1v) is 8.75. The second kappa shape index (κ2) is 6.84. The van der Waals surface area contributed by atoms with Crippen LogP contribution in [-0.2, 0) is 0 Å². The van der Waals surface area contributed by atoms with Gasteiger partial charge in [-0.05, 0) is 28.8 Å². The van der Waals surface area contributed by atoms with Crippen LogP contribution in [0.3, 0.4) is 0 Å². The minimum atomic E-state index is -0.606. The molecule has 0 radical (unpaired) electrons. The number of amides is 1. The fraction of sp³-hybridized carbons (Fsp3) is 0.286. The Labute approximate surface area is 151 Å². The van der Waals surface area contributed by atoms with Crippen molar-refractivity contribution in [1.29, 1.82) is 0 Å². The predicted molar refractivity (Wildman–Crippen MR) is 98.5 cm³/mol. The summed E-state index contributed by atoms with van der Waals surface area (Å²) in [7, 11) is 1.49. The molecule has 0 bridgehead atoms. The number of carbonyl (C=O) groups excluding carboxylic acids is 1. The van der Waals surface area contributed by atoms with Gasteiger partial charge in [-0.25, -0.2) is 0 Å². The summed E-state index contributed by atoms with van der Waals surface area (Å²) in [4.78, 5) is 14.2. The number of benzene rings is 2. The lowest BCUT2D eigenvalue weighted by Crippen LogP contribution is -2.45. The smallest absolute Gasteiger partial charge is 0.289 e. The van der Waals surface area contributed by atoms with Crippen LogP contribution in [0.1, 0.15) is 28.5 Å². The van der Waals surface area contributed by atoms with E-state index in [4.69, 9.17) is 9.15 Å². The molecule has 1 aliphatic rings. The molecule has 1 aliphatic heterocycles. The van der Waals surface area contributed by atoms with Gasteiger partial charge in [0, 0.05) is 25.1 Å². The summed E-state index contributed by atoms with van der Waals surface area (Å²) < 4.78 is 10.3. The standard InChI is InChI=1S/C21H21NO4/c1-25-20-9-8-19(26-20)21(24)22-11-10-17(18(23)13-22)16-7-6-14-4-2-3-5-15(14)12-16/h2-9,12,17-18,23H,10-11,13H2,1H3. The molecule has 0 spiro atoms. The van der Waals surface area contributed by atoms with E-state index >= 15 is 0 Å². The van der Waals surface area contributed by atoms with Crippen molar-refractivity contribution < 1.29 is 19.1 Å². The third-order valence-corrected chi connectivity index (χ3v) is 5.06. The van der Waals surface area contributed by atoms with E-state index < -0.39 is 6.10 Å². The number of β-amino-alcohol motifs (C(OH)–C–C–N with tert-alkyl or cyclic N) is 1. The van der Waals surface area contributed by atoms with E-state index in [-0.39, 0.29) is 17.6 Å². The van der Waals surface area contributed by atoms with Gasteiger partial charge in [0.2, 0.25) is 0 Å².